The summed E-state index contributed by atoms with van der Waals surface area (Å²) in [6.45, 7) is 0.571. The van der Waals surface area contributed by atoms with E-state index in [2.05, 4.69) is 10.3 Å². The van der Waals surface area contributed by atoms with Gasteiger partial charge in [0.15, 0.2) is 0 Å². The average molecular weight is 289 g/mol. The number of hydrogen-bond acceptors (Lipinski definition) is 3. The number of nitrogens with zero attached hydrogens (tertiary/aromatic N) is 1. The van der Waals surface area contributed by atoms with Gasteiger partial charge < -0.3 is 10.1 Å². The Morgan fingerprint density at radius 2 is 2.25 bits per heavy atom. The van der Waals surface area contributed by atoms with Crippen molar-refractivity contribution in [2.24, 2.45) is 0 Å². The Morgan fingerprint density at radius 1 is 1.35 bits per heavy atom. The van der Waals surface area contributed by atoms with Gasteiger partial charge in [-0.1, -0.05) is 17.7 Å². The lowest BCUT2D eigenvalue weighted by Crippen LogP contribution is -2.32. The number of fused-ring (bicyclic) bond motifs is 1. The second-order valence-electron chi connectivity index (χ2n) is 4.56. The summed E-state index contributed by atoms with van der Waals surface area (Å²) in [7, 11) is 0. The standard InChI is InChI=1S/C15H13ClN2O2/c16-10-4-5-14-11(9-10)12(6-8-20-14)18-15(19)13-3-1-2-7-17-13/h1-5,7,9,12H,6,8H2,(H,18,19). The molecule has 1 N–H and O–H groups in total. The smallest absolute Gasteiger partial charge is 0.270 e. The van der Waals surface area contributed by atoms with Crippen LogP contribution in [-0.4, -0.2) is 17.5 Å². The first kappa shape index (κ1) is 12.9. The number of hydrogen-bond donors (Lipinski definition) is 1. The molecule has 1 aliphatic heterocycles. The Bertz CT molecular complexity index is 631. The van der Waals surface area contributed by atoms with Crippen molar-refractivity contribution in [3.05, 3.63) is 58.9 Å². The van der Waals surface area contributed by atoms with Gasteiger partial charge in [0.05, 0.1) is 12.6 Å². The van der Waals surface area contributed by atoms with Crippen LogP contribution in [0.2, 0.25) is 5.02 Å². The number of benzene rings is 1. The molecule has 2 heterocycles. The van der Waals surface area contributed by atoms with Crippen LogP contribution in [0.15, 0.2) is 42.6 Å². The number of amides is 1. The van der Waals surface area contributed by atoms with Crippen LogP contribution in [0.1, 0.15) is 28.5 Å². The number of aromatic nitrogens is 1. The molecule has 0 fully saturated rings. The predicted molar refractivity (Wildman–Crippen MR) is 76.0 cm³/mol. The van der Waals surface area contributed by atoms with Crippen LogP contribution in [0.3, 0.4) is 0 Å². The van der Waals surface area contributed by atoms with Crippen molar-refractivity contribution in [2.75, 3.05) is 6.61 Å². The second-order valence-corrected chi connectivity index (χ2v) is 5.00. The van der Waals surface area contributed by atoms with Crippen LogP contribution in [0.25, 0.3) is 0 Å². The molecule has 0 bridgehead atoms. The van der Waals surface area contributed by atoms with Gasteiger partial charge in [-0.2, -0.15) is 0 Å². The molecule has 5 heteroatoms. The van der Waals surface area contributed by atoms with E-state index < -0.39 is 0 Å². The molecule has 0 radical (unpaired) electrons. The normalized spacial score (nSPS) is 16.9. The Hall–Kier alpha value is -2.07. The van der Waals surface area contributed by atoms with Crippen LogP contribution in [0.5, 0.6) is 5.75 Å². The molecule has 0 aliphatic carbocycles. The third-order valence-electron chi connectivity index (χ3n) is 3.21. The maximum absolute atomic E-state index is 12.2. The van der Waals surface area contributed by atoms with Crippen molar-refractivity contribution >= 4 is 17.5 Å². The van der Waals surface area contributed by atoms with Crippen molar-refractivity contribution in [2.45, 2.75) is 12.5 Å². The predicted octanol–water partition coefficient (Wildman–Crippen LogP) is 2.99. The minimum absolute atomic E-state index is 0.105. The first-order valence-electron chi connectivity index (χ1n) is 6.38. The molecule has 20 heavy (non-hydrogen) atoms. The van der Waals surface area contributed by atoms with Crippen molar-refractivity contribution in [1.82, 2.24) is 10.3 Å². The average Bonchev–Trinajstić information content (AvgIpc) is 2.49. The van der Waals surface area contributed by atoms with E-state index in [1.54, 1.807) is 30.5 Å². The van der Waals surface area contributed by atoms with Gasteiger partial charge in [0.1, 0.15) is 11.4 Å². The van der Waals surface area contributed by atoms with E-state index in [9.17, 15) is 4.79 Å². The lowest BCUT2D eigenvalue weighted by Gasteiger charge is -2.26. The van der Waals surface area contributed by atoms with Crippen LogP contribution >= 0.6 is 11.6 Å². The summed E-state index contributed by atoms with van der Waals surface area (Å²) in [4.78, 5) is 16.2. The van der Waals surface area contributed by atoms with Gasteiger partial charge in [-0.3, -0.25) is 9.78 Å². The van der Waals surface area contributed by atoms with Crippen molar-refractivity contribution < 1.29 is 9.53 Å². The van der Waals surface area contributed by atoms with E-state index in [4.69, 9.17) is 16.3 Å². The summed E-state index contributed by atoms with van der Waals surface area (Å²) in [6.07, 6.45) is 2.32. The van der Waals surface area contributed by atoms with Gasteiger partial charge >= 0.3 is 0 Å². The third kappa shape index (κ3) is 2.60. The maximum Gasteiger partial charge on any atom is 0.270 e. The largest absolute Gasteiger partial charge is 0.493 e. The van der Waals surface area contributed by atoms with Crippen molar-refractivity contribution in [3.63, 3.8) is 0 Å². The van der Waals surface area contributed by atoms with E-state index >= 15 is 0 Å². The zero-order valence-electron chi connectivity index (χ0n) is 10.7. The van der Waals surface area contributed by atoms with Gasteiger partial charge in [0.2, 0.25) is 0 Å². The van der Waals surface area contributed by atoms with Crippen LogP contribution < -0.4 is 10.1 Å². The molecule has 0 spiro atoms. The van der Waals surface area contributed by atoms with E-state index in [1.807, 2.05) is 12.1 Å². The zero-order valence-corrected chi connectivity index (χ0v) is 11.4. The number of carbonyl (C=O) groups is 1. The molecule has 1 aromatic carbocycles. The fourth-order valence-corrected chi connectivity index (χ4v) is 2.43. The quantitative estimate of drug-likeness (QED) is 0.924. The van der Waals surface area contributed by atoms with Crippen LogP contribution in [-0.2, 0) is 0 Å². The van der Waals surface area contributed by atoms with E-state index in [0.717, 1.165) is 11.3 Å². The van der Waals surface area contributed by atoms with E-state index in [0.29, 0.717) is 23.7 Å². The molecule has 102 valence electrons. The number of ether oxygens (including phenoxy) is 1. The van der Waals surface area contributed by atoms with Crippen molar-refractivity contribution in [3.8, 4) is 5.75 Å². The molecule has 1 amide bonds. The van der Waals surface area contributed by atoms with E-state index in [-0.39, 0.29) is 11.9 Å². The molecule has 1 unspecified atom stereocenters. The van der Waals surface area contributed by atoms with Gasteiger partial charge in [-0.05, 0) is 30.3 Å². The summed E-state index contributed by atoms with van der Waals surface area (Å²) in [5.74, 6) is 0.579. The second kappa shape index (κ2) is 5.51. The topological polar surface area (TPSA) is 51.2 Å². The highest BCUT2D eigenvalue weighted by Gasteiger charge is 2.24. The van der Waals surface area contributed by atoms with Gasteiger partial charge in [0.25, 0.3) is 5.91 Å². The van der Waals surface area contributed by atoms with Gasteiger partial charge in [-0.15, -0.1) is 0 Å². The molecule has 3 rings (SSSR count). The number of nitrogens with one attached hydrogen (secondary N) is 1. The lowest BCUT2D eigenvalue weighted by atomic mass is 10.0. The Kier molecular flexibility index (Phi) is 3.56. The van der Waals surface area contributed by atoms with Gasteiger partial charge in [0, 0.05) is 23.2 Å². The summed E-state index contributed by atoms with van der Waals surface area (Å²) < 4.78 is 5.57. The first-order chi connectivity index (χ1) is 9.74. The molecule has 0 saturated heterocycles. The van der Waals surface area contributed by atoms with Gasteiger partial charge in [-0.25, -0.2) is 0 Å². The summed E-state index contributed by atoms with van der Waals surface area (Å²) in [6, 6.07) is 10.6. The summed E-state index contributed by atoms with van der Waals surface area (Å²) in [5, 5.41) is 3.61. The fraction of sp³-hybridized carbons (Fsp3) is 0.200. The lowest BCUT2D eigenvalue weighted by molar-refractivity contribution is 0.0919. The number of halogens is 1. The van der Waals surface area contributed by atoms with Crippen LogP contribution in [0, 0.1) is 0 Å². The Morgan fingerprint density at radius 3 is 3.05 bits per heavy atom. The summed E-state index contributed by atoms with van der Waals surface area (Å²) >= 11 is 6.01. The molecule has 1 aliphatic rings. The monoisotopic (exact) mass is 288 g/mol. The molecule has 1 atom stereocenters. The highest BCUT2D eigenvalue weighted by molar-refractivity contribution is 6.30. The molecule has 4 nitrogen and oxygen atoms in total. The minimum Gasteiger partial charge on any atom is -0.493 e. The number of carbonyl (C=O) groups excluding carboxylic acids is 1. The molecular formula is C15H13ClN2O2. The number of pyridine rings is 1. The number of rotatable bonds is 2. The highest BCUT2D eigenvalue weighted by Crippen LogP contribution is 2.34. The Labute approximate surface area is 121 Å². The van der Waals surface area contributed by atoms with Crippen LogP contribution in [0.4, 0.5) is 0 Å². The molecule has 0 saturated carbocycles. The first-order valence-corrected chi connectivity index (χ1v) is 6.76. The maximum atomic E-state index is 12.2. The van der Waals surface area contributed by atoms with Crippen molar-refractivity contribution in [1.29, 1.82) is 0 Å². The minimum atomic E-state index is -0.191. The molecule has 2 aromatic rings. The third-order valence-corrected chi connectivity index (χ3v) is 3.45. The highest BCUT2D eigenvalue weighted by atomic mass is 35.5. The fourth-order valence-electron chi connectivity index (χ4n) is 2.24. The summed E-state index contributed by atoms with van der Waals surface area (Å²) in [5.41, 5.74) is 1.32. The molecular weight excluding hydrogens is 276 g/mol. The van der Waals surface area contributed by atoms with E-state index in [1.165, 1.54) is 0 Å². The zero-order chi connectivity index (χ0) is 13.9. The Balaban J connectivity index is 1.83. The molecule has 1 aromatic heterocycles. The SMILES string of the molecule is O=C(NC1CCOc2ccc(Cl)cc21)c1ccccn1.